The molecule has 1 aromatic heterocycles. The highest BCUT2D eigenvalue weighted by Gasteiger charge is 2.08. The first-order chi connectivity index (χ1) is 7.08. The first-order valence-electron chi connectivity index (χ1n) is 4.19. The predicted octanol–water partition coefficient (Wildman–Crippen LogP) is 2.28. The van der Waals surface area contributed by atoms with Crippen LogP contribution in [0.5, 0.6) is 0 Å². The van der Waals surface area contributed by atoms with Crippen molar-refractivity contribution in [3.63, 3.8) is 0 Å². The molecule has 0 atom stereocenters. The van der Waals surface area contributed by atoms with Crippen LogP contribution in [0, 0.1) is 6.92 Å². The fourth-order valence-electron chi connectivity index (χ4n) is 1.24. The van der Waals surface area contributed by atoms with Crippen LogP contribution in [0.25, 0.3) is 5.69 Å². The molecule has 0 spiro atoms. The van der Waals surface area contributed by atoms with Gasteiger partial charge in [0.25, 0.3) is 0 Å². The predicted molar refractivity (Wildman–Crippen MR) is 61.6 cm³/mol. The van der Waals surface area contributed by atoms with Crippen LogP contribution in [0.4, 0.5) is 0 Å². The van der Waals surface area contributed by atoms with Gasteiger partial charge in [0.15, 0.2) is 0 Å². The molecule has 4 nitrogen and oxygen atoms in total. The van der Waals surface area contributed by atoms with Crippen molar-refractivity contribution in [3.05, 3.63) is 44.0 Å². The van der Waals surface area contributed by atoms with Crippen molar-refractivity contribution < 1.29 is 0 Å². The SMILES string of the molecule is Cc1nn(-c2ccc(Br)cc2Cl)c(=O)[nH]1. The average Bonchev–Trinajstić information content (AvgIpc) is 2.45. The Morgan fingerprint density at radius 1 is 1.53 bits per heavy atom. The number of nitrogens with one attached hydrogen (secondary N) is 1. The van der Waals surface area contributed by atoms with Gasteiger partial charge in [0.2, 0.25) is 0 Å². The summed E-state index contributed by atoms with van der Waals surface area (Å²) in [5.41, 5.74) is 0.269. The molecular weight excluding hydrogens is 281 g/mol. The molecule has 78 valence electrons. The largest absolute Gasteiger partial charge is 0.348 e. The molecule has 0 aliphatic rings. The second-order valence-corrected chi connectivity index (χ2v) is 4.35. The van der Waals surface area contributed by atoms with E-state index in [2.05, 4.69) is 26.0 Å². The molecule has 0 saturated carbocycles. The molecule has 0 bridgehead atoms. The van der Waals surface area contributed by atoms with Crippen molar-refractivity contribution in [2.75, 3.05) is 0 Å². The molecular formula is C9H7BrClN3O. The maximum absolute atomic E-state index is 11.5. The van der Waals surface area contributed by atoms with Crippen LogP contribution < -0.4 is 5.69 Å². The summed E-state index contributed by atoms with van der Waals surface area (Å²) >= 11 is 9.29. The third-order valence-electron chi connectivity index (χ3n) is 1.87. The van der Waals surface area contributed by atoms with Crippen LogP contribution in [0.1, 0.15) is 5.82 Å². The average molecular weight is 289 g/mol. The minimum absolute atomic E-state index is 0.295. The third kappa shape index (κ3) is 1.98. The van der Waals surface area contributed by atoms with Crippen molar-refractivity contribution in [2.45, 2.75) is 6.92 Å². The second-order valence-electron chi connectivity index (χ2n) is 3.02. The van der Waals surface area contributed by atoms with E-state index in [0.717, 1.165) is 4.47 Å². The molecule has 2 rings (SSSR count). The second kappa shape index (κ2) is 3.83. The normalized spacial score (nSPS) is 10.6. The standard InChI is InChI=1S/C9H7BrClN3O/c1-5-12-9(15)14(13-5)8-3-2-6(10)4-7(8)11/h2-4H,1H3,(H,12,13,15). The van der Waals surface area contributed by atoms with Gasteiger partial charge in [0, 0.05) is 4.47 Å². The van der Waals surface area contributed by atoms with Crippen molar-refractivity contribution in [1.82, 2.24) is 14.8 Å². The lowest BCUT2D eigenvalue weighted by atomic mass is 10.3. The van der Waals surface area contributed by atoms with Gasteiger partial charge >= 0.3 is 5.69 Å². The van der Waals surface area contributed by atoms with Gasteiger partial charge in [-0.15, -0.1) is 0 Å². The van der Waals surface area contributed by atoms with Crippen molar-refractivity contribution in [2.24, 2.45) is 0 Å². The zero-order valence-corrected chi connectivity index (χ0v) is 10.1. The molecule has 15 heavy (non-hydrogen) atoms. The monoisotopic (exact) mass is 287 g/mol. The summed E-state index contributed by atoms with van der Waals surface area (Å²) in [6, 6.07) is 5.25. The number of aromatic amines is 1. The lowest BCUT2D eigenvalue weighted by Gasteiger charge is -2.02. The van der Waals surface area contributed by atoms with Crippen molar-refractivity contribution >= 4 is 27.5 Å². The van der Waals surface area contributed by atoms with Gasteiger partial charge in [-0.05, 0) is 25.1 Å². The highest BCUT2D eigenvalue weighted by Crippen LogP contribution is 2.22. The minimum atomic E-state index is -0.295. The maximum atomic E-state index is 11.5. The number of hydrogen-bond acceptors (Lipinski definition) is 2. The molecule has 0 saturated heterocycles. The zero-order valence-electron chi connectivity index (χ0n) is 7.79. The van der Waals surface area contributed by atoms with Gasteiger partial charge in [-0.2, -0.15) is 9.78 Å². The molecule has 0 aliphatic heterocycles. The van der Waals surface area contributed by atoms with Crippen molar-refractivity contribution in [1.29, 1.82) is 0 Å². The van der Waals surface area contributed by atoms with Crippen LogP contribution >= 0.6 is 27.5 Å². The van der Waals surface area contributed by atoms with Crippen molar-refractivity contribution in [3.8, 4) is 5.69 Å². The van der Waals surface area contributed by atoms with Crippen LogP contribution in [-0.2, 0) is 0 Å². The first kappa shape index (κ1) is 10.4. The molecule has 0 radical (unpaired) electrons. The molecule has 2 aromatic rings. The third-order valence-corrected chi connectivity index (χ3v) is 2.66. The Hall–Kier alpha value is -1.07. The Balaban J connectivity index is 2.64. The number of rotatable bonds is 1. The fraction of sp³-hybridized carbons (Fsp3) is 0.111. The van der Waals surface area contributed by atoms with E-state index >= 15 is 0 Å². The lowest BCUT2D eigenvalue weighted by Crippen LogP contribution is -2.16. The van der Waals surface area contributed by atoms with E-state index in [0.29, 0.717) is 16.5 Å². The summed E-state index contributed by atoms with van der Waals surface area (Å²) in [4.78, 5) is 14.0. The van der Waals surface area contributed by atoms with E-state index in [1.54, 1.807) is 25.1 Å². The summed E-state index contributed by atoms with van der Waals surface area (Å²) in [6.45, 7) is 1.71. The molecule has 0 unspecified atom stereocenters. The van der Waals surface area contributed by atoms with Gasteiger partial charge < -0.3 is 0 Å². The maximum Gasteiger partial charge on any atom is 0.348 e. The van der Waals surface area contributed by atoms with Crippen LogP contribution in [0.2, 0.25) is 5.02 Å². The molecule has 1 heterocycles. The van der Waals surface area contributed by atoms with Crippen LogP contribution in [-0.4, -0.2) is 14.8 Å². The van der Waals surface area contributed by atoms with Crippen LogP contribution in [0.15, 0.2) is 27.5 Å². The first-order valence-corrected chi connectivity index (χ1v) is 5.36. The number of aromatic nitrogens is 3. The summed E-state index contributed by atoms with van der Waals surface area (Å²) in [7, 11) is 0. The Labute approximate surface area is 99.0 Å². The number of nitrogens with zero attached hydrogens (tertiary/aromatic N) is 2. The quantitative estimate of drug-likeness (QED) is 0.875. The number of H-pyrrole nitrogens is 1. The molecule has 6 heteroatoms. The van der Waals surface area contributed by atoms with E-state index < -0.39 is 0 Å². The van der Waals surface area contributed by atoms with E-state index in [1.165, 1.54) is 4.68 Å². The zero-order chi connectivity index (χ0) is 11.0. The Bertz CT molecular complexity index is 561. The van der Waals surface area contributed by atoms with Gasteiger partial charge in [-0.3, -0.25) is 4.98 Å². The lowest BCUT2D eigenvalue weighted by molar-refractivity contribution is 0.833. The summed E-state index contributed by atoms with van der Waals surface area (Å²) in [5.74, 6) is 0.555. The number of benzene rings is 1. The van der Waals surface area contributed by atoms with Gasteiger partial charge in [0.1, 0.15) is 5.82 Å². The fourth-order valence-corrected chi connectivity index (χ4v) is 2.00. The Morgan fingerprint density at radius 3 is 2.80 bits per heavy atom. The molecule has 1 aromatic carbocycles. The van der Waals surface area contributed by atoms with Crippen LogP contribution in [0.3, 0.4) is 0 Å². The molecule has 0 fully saturated rings. The van der Waals surface area contributed by atoms with Gasteiger partial charge in [-0.25, -0.2) is 4.79 Å². The number of hydrogen-bond donors (Lipinski definition) is 1. The Kier molecular flexibility index (Phi) is 2.67. The molecule has 1 N–H and O–H groups in total. The topological polar surface area (TPSA) is 50.7 Å². The van der Waals surface area contributed by atoms with E-state index in [9.17, 15) is 4.79 Å². The number of aryl methyl sites for hydroxylation is 1. The highest BCUT2D eigenvalue weighted by molar-refractivity contribution is 9.10. The molecule has 0 amide bonds. The van der Waals surface area contributed by atoms with Gasteiger partial charge in [0.05, 0.1) is 10.7 Å². The molecule has 0 aliphatic carbocycles. The van der Waals surface area contributed by atoms with E-state index in [-0.39, 0.29) is 5.69 Å². The number of halogens is 2. The van der Waals surface area contributed by atoms with E-state index in [4.69, 9.17) is 11.6 Å². The smallest absolute Gasteiger partial charge is 0.293 e. The highest BCUT2D eigenvalue weighted by atomic mass is 79.9. The summed E-state index contributed by atoms with van der Waals surface area (Å²) in [5, 5.41) is 4.49. The van der Waals surface area contributed by atoms with Gasteiger partial charge in [-0.1, -0.05) is 27.5 Å². The minimum Gasteiger partial charge on any atom is -0.293 e. The van der Waals surface area contributed by atoms with E-state index in [1.807, 2.05) is 0 Å². The summed E-state index contributed by atoms with van der Waals surface area (Å²) in [6.07, 6.45) is 0. The summed E-state index contributed by atoms with van der Waals surface area (Å²) < 4.78 is 2.10. The Morgan fingerprint density at radius 2 is 2.27 bits per heavy atom.